The van der Waals surface area contributed by atoms with E-state index in [9.17, 15) is 5.11 Å². The third kappa shape index (κ3) is 5.93. The largest absolute Gasteiger partial charge is 0.396 e. The van der Waals surface area contributed by atoms with Gasteiger partial charge in [-0.3, -0.25) is 4.99 Å². The van der Waals surface area contributed by atoms with Crippen molar-refractivity contribution in [1.82, 2.24) is 16.0 Å². The lowest BCUT2D eigenvalue weighted by molar-refractivity contribution is 0.127. The summed E-state index contributed by atoms with van der Waals surface area (Å²) >= 11 is 0. The molecule has 29 heavy (non-hydrogen) atoms. The Bertz CT molecular complexity index is 638. The molecule has 0 amide bonds. The van der Waals surface area contributed by atoms with E-state index in [1.807, 2.05) is 7.05 Å². The Morgan fingerprint density at radius 2 is 1.86 bits per heavy atom. The van der Waals surface area contributed by atoms with Crippen molar-refractivity contribution in [3.63, 3.8) is 0 Å². The van der Waals surface area contributed by atoms with Crippen LogP contribution in [0.4, 0.5) is 0 Å². The fourth-order valence-electron chi connectivity index (χ4n) is 4.76. The van der Waals surface area contributed by atoms with E-state index in [4.69, 9.17) is 4.74 Å². The molecule has 1 saturated heterocycles. The maximum absolute atomic E-state index is 9.44. The fraction of sp³-hybridized carbons (Fsp3) is 0.696. The van der Waals surface area contributed by atoms with Gasteiger partial charge < -0.3 is 25.8 Å². The van der Waals surface area contributed by atoms with Crippen molar-refractivity contribution in [2.75, 3.05) is 40.0 Å². The highest BCUT2D eigenvalue weighted by molar-refractivity contribution is 5.79. The van der Waals surface area contributed by atoms with E-state index in [1.165, 1.54) is 31.2 Å². The molecule has 0 radical (unpaired) electrons. The van der Waals surface area contributed by atoms with Crippen molar-refractivity contribution in [1.29, 1.82) is 0 Å². The molecular weight excluding hydrogens is 364 g/mol. The highest BCUT2D eigenvalue weighted by Gasteiger charge is 2.36. The van der Waals surface area contributed by atoms with E-state index in [1.54, 1.807) is 0 Å². The Morgan fingerprint density at radius 3 is 2.48 bits per heavy atom. The monoisotopic (exact) mass is 402 g/mol. The Hall–Kier alpha value is -1.63. The van der Waals surface area contributed by atoms with Crippen molar-refractivity contribution in [3.8, 4) is 0 Å². The third-order valence-corrected chi connectivity index (χ3v) is 6.66. The molecule has 2 aliphatic rings. The van der Waals surface area contributed by atoms with Crippen LogP contribution < -0.4 is 16.0 Å². The van der Waals surface area contributed by atoms with Crippen LogP contribution in [0.25, 0.3) is 0 Å². The van der Waals surface area contributed by atoms with Crippen LogP contribution in [0, 0.1) is 5.41 Å². The molecule has 0 aromatic heterocycles. The topological polar surface area (TPSA) is 77.9 Å². The fourth-order valence-corrected chi connectivity index (χ4v) is 4.76. The zero-order valence-corrected chi connectivity index (χ0v) is 18.0. The van der Waals surface area contributed by atoms with Gasteiger partial charge >= 0.3 is 0 Å². The van der Waals surface area contributed by atoms with Gasteiger partial charge in [0.1, 0.15) is 0 Å². The summed E-state index contributed by atoms with van der Waals surface area (Å²) in [7, 11) is 1.82. The van der Waals surface area contributed by atoms with Crippen molar-refractivity contribution < 1.29 is 9.84 Å². The number of rotatable bonds is 9. The number of hydrogen-bond acceptors (Lipinski definition) is 4. The molecule has 3 rings (SSSR count). The van der Waals surface area contributed by atoms with Crippen LogP contribution in [0.15, 0.2) is 35.3 Å². The Labute approximate surface area is 175 Å². The van der Waals surface area contributed by atoms with Crippen LogP contribution in [0.2, 0.25) is 0 Å². The number of nitrogens with one attached hydrogen (secondary N) is 3. The summed E-state index contributed by atoms with van der Waals surface area (Å²) in [5.41, 5.74) is 1.43. The molecular formula is C23H38N4O2. The molecule has 1 saturated carbocycles. The number of aliphatic imine (C=N–C) groups is 1. The van der Waals surface area contributed by atoms with Crippen LogP contribution in [0.1, 0.15) is 57.1 Å². The molecule has 6 nitrogen and oxygen atoms in total. The molecule has 1 aromatic carbocycles. The summed E-state index contributed by atoms with van der Waals surface area (Å²) in [5, 5.41) is 20.4. The zero-order valence-electron chi connectivity index (χ0n) is 18.0. The zero-order chi connectivity index (χ0) is 20.6. The molecule has 0 spiro atoms. The lowest BCUT2D eigenvalue weighted by Crippen LogP contribution is -2.55. The van der Waals surface area contributed by atoms with Gasteiger partial charge in [0.15, 0.2) is 5.96 Å². The minimum Gasteiger partial charge on any atom is -0.396 e. The van der Waals surface area contributed by atoms with Crippen LogP contribution >= 0.6 is 0 Å². The minimum atomic E-state index is 0.0114. The Morgan fingerprint density at radius 1 is 1.14 bits per heavy atom. The Balaban J connectivity index is 1.56. The SMILES string of the molecule is CN=C(NCC1(CCO)CCOC1)NCC1(NC(C)c2ccccc2)CCCC1. The van der Waals surface area contributed by atoms with Crippen LogP contribution in [0.3, 0.4) is 0 Å². The van der Waals surface area contributed by atoms with Crippen LogP contribution in [-0.2, 0) is 4.74 Å². The predicted molar refractivity (Wildman–Crippen MR) is 118 cm³/mol. The second kappa shape index (κ2) is 10.4. The molecule has 1 aromatic rings. The van der Waals surface area contributed by atoms with Crippen molar-refractivity contribution in [2.45, 2.75) is 57.0 Å². The number of hydrogen-bond donors (Lipinski definition) is 4. The second-order valence-electron chi connectivity index (χ2n) is 8.82. The van der Waals surface area contributed by atoms with Crippen molar-refractivity contribution in [3.05, 3.63) is 35.9 Å². The summed E-state index contributed by atoms with van der Waals surface area (Å²) in [6.45, 7) is 5.56. The Kier molecular flexibility index (Phi) is 7.92. The number of aliphatic hydroxyl groups is 1. The van der Waals surface area contributed by atoms with E-state index in [0.29, 0.717) is 12.6 Å². The van der Waals surface area contributed by atoms with Crippen molar-refractivity contribution >= 4 is 5.96 Å². The number of aliphatic hydroxyl groups excluding tert-OH is 1. The maximum atomic E-state index is 9.44. The molecule has 2 unspecified atom stereocenters. The average molecular weight is 403 g/mol. The first-order chi connectivity index (χ1) is 14.1. The van der Waals surface area contributed by atoms with E-state index in [2.05, 4.69) is 58.2 Å². The van der Waals surface area contributed by atoms with Gasteiger partial charge in [0.05, 0.1) is 6.61 Å². The molecule has 2 fully saturated rings. The predicted octanol–water partition coefficient (Wildman–Crippen LogP) is 2.60. The smallest absolute Gasteiger partial charge is 0.191 e. The molecule has 4 N–H and O–H groups in total. The molecule has 6 heteroatoms. The number of ether oxygens (including phenoxy) is 1. The summed E-state index contributed by atoms with van der Waals surface area (Å²) in [6.07, 6.45) is 6.62. The van der Waals surface area contributed by atoms with Gasteiger partial charge in [-0.1, -0.05) is 43.2 Å². The average Bonchev–Trinajstić information content (AvgIpc) is 3.40. The van der Waals surface area contributed by atoms with E-state index >= 15 is 0 Å². The van der Waals surface area contributed by atoms with Crippen molar-refractivity contribution in [2.24, 2.45) is 10.4 Å². The molecule has 1 aliphatic carbocycles. The van der Waals surface area contributed by atoms with Gasteiger partial charge in [-0.05, 0) is 38.2 Å². The van der Waals surface area contributed by atoms with Gasteiger partial charge in [0.25, 0.3) is 0 Å². The standard InChI is InChI=1S/C23H38N4O2/c1-19(20-8-4-3-5-9-20)27-23(10-6-7-11-23)17-26-21(24-2)25-16-22(12-14-28)13-15-29-18-22/h3-5,8-9,19,27-28H,6-7,10-18H2,1-2H3,(H2,24,25,26). The normalized spacial score (nSPS) is 25.1. The first-order valence-corrected chi connectivity index (χ1v) is 11.1. The number of guanidine groups is 1. The van der Waals surface area contributed by atoms with Gasteiger partial charge in [-0.15, -0.1) is 0 Å². The summed E-state index contributed by atoms with van der Waals surface area (Å²) in [5.74, 6) is 0.828. The molecule has 2 atom stereocenters. The highest BCUT2D eigenvalue weighted by atomic mass is 16.5. The minimum absolute atomic E-state index is 0.0114. The van der Waals surface area contributed by atoms with E-state index in [0.717, 1.165) is 38.5 Å². The van der Waals surface area contributed by atoms with Gasteiger partial charge in [-0.25, -0.2) is 0 Å². The van der Waals surface area contributed by atoms with Gasteiger partial charge in [0.2, 0.25) is 0 Å². The number of nitrogens with zero attached hydrogens (tertiary/aromatic N) is 1. The van der Waals surface area contributed by atoms with Gasteiger partial charge in [-0.2, -0.15) is 0 Å². The lowest BCUT2D eigenvalue weighted by atomic mass is 9.84. The maximum Gasteiger partial charge on any atom is 0.191 e. The first-order valence-electron chi connectivity index (χ1n) is 11.1. The van der Waals surface area contributed by atoms with E-state index < -0.39 is 0 Å². The molecule has 162 valence electrons. The van der Waals surface area contributed by atoms with Crippen LogP contribution in [0.5, 0.6) is 0 Å². The second-order valence-corrected chi connectivity index (χ2v) is 8.82. The van der Waals surface area contributed by atoms with Gasteiger partial charge in [0, 0.05) is 50.3 Å². The van der Waals surface area contributed by atoms with E-state index in [-0.39, 0.29) is 17.6 Å². The third-order valence-electron chi connectivity index (χ3n) is 6.66. The lowest BCUT2D eigenvalue weighted by Gasteiger charge is -2.35. The molecule has 1 aliphatic heterocycles. The molecule has 1 heterocycles. The number of benzene rings is 1. The highest BCUT2D eigenvalue weighted by Crippen LogP contribution is 2.32. The quantitative estimate of drug-likeness (QED) is 0.377. The van der Waals surface area contributed by atoms with Crippen LogP contribution in [-0.4, -0.2) is 56.6 Å². The molecule has 0 bridgehead atoms. The summed E-state index contributed by atoms with van der Waals surface area (Å²) < 4.78 is 5.60. The summed E-state index contributed by atoms with van der Waals surface area (Å²) in [6, 6.07) is 11.0. The summed E-state index contributed by atoms with van der Waals surface area (Å²) in [4.78, 5) is 4.43. The first kappa shape index (κ1) is 22.1.